The number of aromatic nitrogens is 1. The first-order valence-electron chi connectivity index (χ1n) is 5.20. The lowest BCUT2D eigenvalue weighted by atomic mass is 10.2. The van der Waals surface area contributed by atoms with Crippen LogP contribution in [-0.2, 0) is 10.1 Å². The Kier molecular flexibility index (Phi) is 4.09. The van der Waals surface area contributed by atoms with E-state index < -0.39 is 0 Å². The molecule has 0 aliphatic rings. The Balaban J connectivity index is 2.65. The number of ether oxygens (including phenoxy) is 1. The van der Waals surface area contributed by atoms with Crippen LogP contribution in [0, 0.1) is 3.57 Å². The number of benzene rings is 1. The summed E-state index contributed by atoms with van der Waals surface area (Å²) in [6, 6.07) is 5.91. The van der Waals surface area contributed by atoms with Crippen molar-refractivity contribution in [1.82, 2.24) is 4.57 Å². The van der Waals surface area contributed by atoms with Gasteiger partial charge in [-0.1, -0.05) is 22.0 Å². The Bertz CT molecular complexity index is 565. The highest BCUT2D eigenvalue weighted by Crippen LogP contribution is 2.28. The average molecular weight is 408 g/mol. The zero-order chi connectivity index (χ0) is 12.4. The maximum Gasteiger partial charge on any atom is 0.418 e. The molecule has 0 bridgehead atoms. The number of hydrogen-bond acceptors (Lipinski definition) is 2. The van der Waals surface area contributed by atoms with Crippen LogP contribution in [0.5, 0.6) is 0 Å². The van der Waals surface area contributed by atoms with Crippen molar-refractivity contribution >= 4 is 55.5 Å². The molecule has 0 N–H and O–H groups in total. The molecule has 1 aromatic heterocycles. The first kappa shape index (κ1) is 12.9. The van der Waals surface area contributed by atoms with Crippen molar-refractivity contribution in [3.63, 3.8) is 0 Å². The molecular formula is C12H11BrINO2. The molecule has 1 aromatic carbocycles. The molecule has 17 heavy (non-hydrogen) atoms. The molecular weight excluding hydrogens is 397 g/mol. The third-order valence-electron chi connectivity index (χ3n) is 2.47. The minimum Gasteiger partial charge on any atom is -0.449 e. The van der Waals surface area contributed by atoms with Crippen molar-refractivity contribution in [3.05, 3.63) is 33.5 Å². The molecule has 90 valence electrons. The summed E-state index contributed by atoms with van der Waals surface area (Å²) in [5.74, 6) is 0. The molecule has 0 atom stereocenters. The van der Waals surface area contributed by atoms with E-state index in [1.54, 1.807) is 11.5 Å². The van der Waals surface area contributed by atoms with Gasteiger partial charge >= 0.3 is 6.09 Å². The van der Waals surface area contributed by atoms with Gasteiger partial charge in [0.15, 0.2) is 0 Å². The SMILES string of the molecule is CCOC(=O)n1cc(CBr)c2c(I)cccc21. The summed E-state index contributed by atoms with van der Waals surface area (Å²) in [5, 5.41) is 1.83. The quantitative estimate of drug-likeness (QED) is 0.553. The topological polar surface area (TPSA) is 31.2 Å². The molecule has 2 rings (SSSR count). The maximum atomic E-state index is 11.8. The summed E-state index contributed by atoms with van der Waals surface area (Å²) >= 11 is 5.72. The van der Waals surface area contributed by atoms with Gasteiger partial charge in [-0.3, -0.25) is 4.57 Å². The Hall–Kier alpha value is -0.560. The third-order valence-corrected chi connectivity index (χ3v) is 3.97. The minimum absolute atomic E-state index is 0.327. The number of carbonyl (C=O) groups excluding carboxylic acids is 1. The van der Waals surface area contributed by atoms with E-state index >= 15 is 0 Å². The minimum atomic E-state index is -0.327. The molecule has 0 fully saturated rings. The Labute approximate surface area is 121 Å². The van der Waals surface area contributed by atoms with E-state index in [4.69, 9.17) is 4.74 Å². The van der Waals surface area contributed by atoms with Crippen molar-refractivity contribution in [3.8, 4) is 0 Å². The number of alkyl halides is 1. The Morgan fingerprint density at radius 1 is 1.53 bits per heavy atom. The zero-order valence-electron chi connectivity index (χ0n) is 9.24. The standard InChI is InChI=1S/C12H11BrINO2/c1-2-17-12(16)15-7-8(6-13)11-9(14)4-3-5-10(11)15/h3-5,7H,2,6H2,1H3. The van der Waals surface area contributed by atoms with Gasteiger partial charge in [-0.05, 0) is 47.2 Å². The van der Waals surface area contributed by atoms with E-state index in [0.29, 0.717) is 6.61 Å². The molecule has 0 amide bonds. The molecule has 0 radical (unpaired) electrons. The van der Waals surface area contributed by atoms with Crippen LogP contribution in [0.3, 0.4) is 0 Å². The molecule has 0 unspecified atom stereocenters. The molecule has 2 aromatic rings. The summed E-state index contributed by atoms with van der Waals surface area (Å²) in [7, 11) is 0. The molecule has 1 heterocycles. The molecule has 0 aliphatic carbocycles. The molecule has 0 aliphatic heterocycles. The molecule has 0 spiro atoms. The van der Waals surface area contributed by atoms with Gasteiger partial charge in [0.25, 0.3) is 0 Å². The van der Waals surface area contributed by atoms with Gasteiger partial charge < -0.3 is 4.74 Å². The average Bonchev–Trinajstić information content (AvgIpc) is 2.69. The smallest absolute Gasteiger partial charge is 0.418 e. The molecule has 5 heteroatoms. The van der Waals surface area contributed by atoms with Crippen LogP contribution in [0.1, 0.15) is 12.5 Å². The van der Waals surface area contributed by atoms with E-state index in [9.17, 15) is 4.79 Å². The monoisotopic (exact) mass is 407 g/mol. The van der Waals surface area contributed by atoms with Gasteiger partial charge in [0.2, 0.25) is 0 Å². The zero-order valence-corrected chi connectivity index (χ0v) is 13.0. The van der Waals surface area contributed by atoms with Crippen LogP contribution >= 0.6 is 38.5 Å². The van der Waals surface area contributed by atoms with E-state index in [2.05, 4.69) is 38.5 Å². The highest BCUT2D eigenvalue weighted by molar-refractivity contribution is 14.1. The Morgan fingerprint density at radius 3 is 2.94 bits per heavy atom. The van der Waals surface area contributed by atoms with Crippen LogP contribution in [-0.4, -0.2) is 17.3 Å². The highest BCUT2D eigenvalue weighted by atomic mass is 127. The largest absolute Gasteiger partial charge is 0.449 e. The summed E-state index contributed by atoms with van der Waals surface area (Å²) in [6.45, 7) is 2.19. The molecule has 0 saturated carbocycles. The van der Waals surface area contributed by atoms with Gasteiger partial charge in [-0.25, -0.2) is 4.79 Å². The summed E-state index contributed by atoms with van der Waals surface area (Å²) in [6.07, 6.45) is 1.51. The number of hydrogen-bond donors (Lipinski definition) is 0. The lowest BCUT2D eigenvalue weighted by Gasteiger charge is -2.03. The molecule has 3 nitrogen and oxygen atoms in total. The van der Waals surface area contributed by atoms with E-state index in [-0.39, 0.29) is 6.09 Å². The van der Waals surface area contributed by atoms with Crippen LogP contribution in [0.15, 0.2) is 24.4 Å². The fourth-order valence-corrected chi connectivity index (χ4v) is 3.02. The second kappa shape index (κ2) is 5.39. The summed E-state index contributed by atoms with van der Waals surface area (Å²) in [4.78, 5) is 11.8. The fraction of sp³-hybridized carbons (Fsp3) is 0.250. The second-order valence-corrected chi connectivity index (χ2v) is 5.21. The number of nitrogens with zero attached hydrogens (tertiary/aromatic N) is 1. The first-order valence-corrected chi connectivity index (χ1v) is 7.40. The third kappa shape index (κ3) is 2.35. The van der Waals surface area contributed by atoms with E-state index in [1.807, 2.05) is 24.4 Å². The van der Waals surface area contributed by atoms with Crippen molar-refractivity contribution in [1.29, 1.82) is 0 Å². The lowest BCUT2D eigenvalue weighted by molar-refractivity contribution is 0.155. The maximum absolute atomic E-state index is 11.8. The number of halogens is 2. The van der Waals surface area contributed by atoms with Gasteiger partial charge in [-0.15, -0.1) is 0 Å². The van der Waals surface area contributed by atoms with Crippen molar-refractivity contribution in [2.75, 3.05) is 6.61 Å². The molecule has 0 saturated heterocycles. The second-order valence-electron chi connectivity index (χ2n) is 3.49. The van der Waals surface area contributed by atoms with Gasteiger partial charge in [0, 0.05) is 20.5 Å². The highest BCUT2D eigenvalue weighted by Gasteiger charge is 2.15. The summed E-state index contributed by atoms with van der Waals surface area (Å²) < 4.78 is 7.74. The number of carbonyl (C=O) groups is 1. The summed E-state index contributed by atoms with van der Waals surface area (Å²) in [5.41, 5.74) is 1.99. The van der Waals surface area contributed by atoms with E-state index in [0.717, 1.165) is 25.4 Å². The number of fused-ring (bicyclic) bond motifs is 1. The van der Waals surface area contributed by atoms with Gasteiger partial charge in [0.1, 0.15) is 0 Å². The van der Waals surface area contributed by atoms with Crippen molar-refractivity contribution < 1.29 is 9.53 Å². The number of rotatable bonds is 2. The predicted octanol–water partition coefficient (Wildman–Crippen LogP) is 4.15. The fourth-order valence-electron chi connectivity index (χ4n) is 1.77. The van der Waals surface area contributed by atoms with Crippen LogP contribution in [0.2, 0.25) is 0 Å². The Morgan fingerprint density at radius 2 is 2.29 bits per heavy atom. The van der Waals surface area contributed by atoms with Crippen LogP contribution in [0.25, 0.3) is 10.9 Å². The van der Waals surface area contributed by atoms with Gasteiger partial charge in [-0.2, -0.15) is 0 Å². The normalized spacial score (nSPS) is 10.8. The van der Waals surface area contributed by atoms with Crippen LogP contribution < -0.4 is 0 Å². The predicted molar refractivity (Wildman–Crippen MR) is 79.7 cm³/mol. The van der Waals surface area contributed by atoms with Crippen molar-refractivity contribution in [2.24, 2.45) is 0 Å². The van der Waals surface area contributed by atoms with Gasteiger partial charge in [0.05, 0.1) is 12.1 Å². The van der Waals surface area contributed by atoms with Crippen molar-refractivity contribution in [2.45, 2.75) is 12.3 Å². The van der Waals surface area contributed by atoms with Crippen LogP contribution in [0.4, 0.5) is 4.79 Å². The lowest BCUT2D eigenvalue weighted by Crippen LogP contribution is -2.12. The van der Waals surface area contributed by atoms with E-state index in [1.165, 1.54) is 0 Å². The first-order chi connectivity index (χ1) is 8.19.